The van der Waals surface area contributed by atoms with Gasteiger partial charge in [0.1, 0.15) is 0 Å². The van der Waals surface area contributed by atoms with E-state index in [1.165, 1.54) is 99.5 Å². The molecule has 0 amide bonds. The van der Waals surface area contributed by atoms with Gasteiger partial charge in [0.2, 0.25) is 0 Å². The normalized spacial score (nSPS) is 13.3. The lowest BCUT2D eigenvalue weighted by Crippen LogP contribution is -2.63. The quantitative estimate of drug-likeness (QED) is 0.167. The van der Waals surface area contributed by atoms with Gasteiger partial charge >= 0.3 is 6.85 Å². The molecule has 5 heteroatoms. The van der Waals surface area contributed by atoms with E-state index < -0.39 is 0 Å². The Balaban J connectivity index is 1.08. The lowest BCUT2D eigenvalue weighted by molar-refractivity contribution is 1.16. The third-order valence-corrected chi connectivity index (χ3v) is 13.2. The second kappa shape index (κ2) is 11.4. The number of nitrogens with zero attached hydrogens (tertiary/aromatic N) is 4. The summed E-state index contributed by atoms with van der Waals surface area (Å²) in [6.07, 6.45) is 0. The Bertz CT molecular complexity index is 3490. The predicted octanol–water partition coefficient (Wildman–Crippen LogP) is 12.6. The molecule has 59 heavy (non-hydrogen) atoms. The molecule has 9 aromatic carbocycles. The first-order chi connectivity index (χ1) is 29.3. The number of benzene rings is 9. The monoisotopic (exact) mass is 748 g/mol. The molecule has 0 spiro atoms. The summed E-state index contributed by atoms with van der Waals surface area (Å²) in [6.45, 7) is 0.0105. The first kappa shape index (κ1) is 31.3. The van der Waals surface area contributed by atoms with Crippen LogP contribution in [0, 0.1) is 0 Å². The van der Waals surface area contributed by atoms with Gasteiger partial charge in [-0.3, -0.25) is 0 Å². The Hall–Kier alpha value is -7.76. The standard InChI is InChI=1S/C54H33BN4/c1-7-21-45-37(14-1)38-15-2-8-22-46(38)56(45)34-28-30-35(31-29-34)57-51-27-13-20-43-41-18-5-11-25-49(41)59-50-26-12-6-19-42(50)44-32-36(33-52(57)54(44)55(59)53(43)51)58-47-23-9-3-16-39(47)40-17-4-10-24-48(40)58/h1-33H. The van der Waals surface area contributed by atoms with Gasteiger partial charge in [0.05, 0.1) is 22.1 Å². The van der Waals surface area contributed by atoms with E-state index in [4.69, 9.17) is 0 Å². The van der Waals surface area contributed by atoms with Crippen LogP contribution in [0.2, 0.25) is 0 Å². The number of rotatable bonds is 3. The van der Waals surface area contributed by atoms with Gasteiger partial charge in [-0.2, -0.15) is 0 Å². The number of hydrogen-bond donors (Lipinski definition) is 0. The van der Waals surface area contributed by atoms with E-state index in [1.807, 2.05) is 0 Å². The summed E-state index contributed by atoms with van der Waals surface area (Å²) in [6, 6.07) is 74.2. The Labute approximate surface area is 341 Å². The van der Waals surface area contributed by atoms with Crippen molar-refractivity contribution in [3.8, 4) is 33.6 Å². The van der Waals surface area contributed by atoms with Crippen LogP contribution in [0.4, 0.5) is 28.4 Å². The minimum absolute atomic E-state index is 0.0105. The first-order valence-electron chi connectivity index (χ1n) is 20.5. The van der Waals surface area contributed by atoms with Crippen molar-refractivity contribution in [2.45, 2.75) is 0 Å². The van der Waals surface area contributed by atoms with Crippen molar-refractivity contribution >= 4 is 89.8 Å². The molecule has 0 bridgehead atoms. The van der Waals surface area contributed by atoms with Gasteiger partial charge in [0, 0.05) is 72.5 Å². The highest BCUT2D eigenvalue weighted by molar-refractivity contribution is 6.95. The maximum Gasteiger partial charge on any atom is 0.333 e. The number of para-hydroxylation sites is 6. The maximum absolute atomic E-state index is 2.62. The molecule has 272 valence electrons. The number of anilines is 5. The zero-order valence-corrected chi connectivity index (χ0v) is 31.9. The predicted molar refractivity (Wildman–Crippen MR) is 248 cm³/mol. The maximum atomic E-state index is 2.62. The highest BCUT2D eigenvalue weighted by atomic mass is 15.2. The van der Waals surface area contributed by atoms with E-state index in [0.29, 0.717) is 0 Å². The number of aromatic nitrogens is 2. The summed E-state index contributed by atoms with van der Waals surface area (Å²) in [4.78, 5) is 5.16. The van der Waals surface area contributed by atoms with Crippen molar-refractivity contribution in [2.75, 3.05) is 9.71 Å². The van der Waals surface area contributed by atoms with Crippen molar-refractivity contribution in [3.05, 3.63) is 200 Å². The van der Waals surface area contributed by atoms with Crippen LogP contribution in [0.5, 0.6) is 0 Å². The summed E-state index contributed by atoms with van der Waals surface area (Å²) < 4.78 is 4.88. The summed E-state index contributed by atoms with van der Waals surface area (Å²) in [5.41, 5.74) is 21.0. The van der Waals surface area contributed by atoms with E-state index in [2.05, 4.69) is 219 Å². The van der Waals surface area contributed by atoms with E-state index in [9.17, 15) is 0 Å². The lowest BCUT2D eigenvalue weighted by Gasteiger charge is -2.49. The average Bonchev–Trinajstić information content (AvgIpc) is 3.82. The zero-order chi connectivity index (χ0) is 38.3. The molecule has 5 heterocycles. The van der Waals surface area contributed by atoms with Gasteiger partial charge < -0.3 is 18.8 Å². The minimum atomic E-state index is 0.0105. The molecule has 0 unspecified atom stereocenters. The van der Waals surface area contributed by atoms with Crippen LogP contribution in [-0.2, 0) is 0 Å². The molecule has 0 atom stereocenters. The molecule has 0 radical (unpaired) electrons. The van der Waals surface area contributed by atoms with Gasteiger partial charge in [0.15, 0.2) is 0 Å². The van der Waals surface area contributed by atoms with Crippen LogP contribution < -0.4 is 20.6 Å². The molecule has 4 nitrogen and oxygen atoms in total. The molecule has 14 rings (SSSR count). The van der Waals surface area contributed by atoms with Gasteiger partial charge in [-0.05, 0) is 101 Å². The molecule has 0 saturated carbocycles. The highest BCUT2D eigenvalue weighted by Gasteiger charge is 2.49. The van der Waals surface area contributed by atoms with Crippen molar-refractivity contribution in [1.29, 1.82) is 0 Å². The topological polar surface area (TPSA) is 16.3 Å². The molecule has 0 N–H and O–H groups in total. The molecule has 0 saturated heterocycles. The second-order valence-electron chi connectivity index (χ2n) is 16.1. The Kier molecular flexibility index (Phi) is 6.07. The van der Waals surface area contributed by atoms with Gasteiger partial charge in [-0.25, -0.2) is 0 Å². The summed E-state index contributed by atoms with van der Waals surface area (Å²) in [5, 5.41) is 5.06. The van der Waals surface area contributed by atoms with Crippen molar-refractivity contribution in [2.24, 2.45) is 0 Å². The Morgan fingerprint density at radius 3 is 1.29 bits per heavy atom. The van der Waals surface area contributed by atoms with E-state index in [1.54, 1.807) is 0 Å². The molecule has 0 fully saturated rings. The molecule has 11 aromatic rings. The summed E-state index contributed by atoms with van der Waals surface area (Å²) in [5.74, 6) is 0. The smallest absolute Gasteiger partial charge is 0.333 e. The fourth-order valence-corrected chi connectivity index (χ4v) is 10.9. The molecule has 0 aliphatic carbocycles. The van der Waals surface area contributed by atoms with Gasteiger partial charge in [-0.15, -0.1) is 0 Å². The third kappa shape index (κ3) is 4.04. The Morgan fingerprint density at radius 1 is 0.288 bits per heavy atom. The van der Waals surface area contributed by atoms with Crippen LogP contribution >= 0.6 is 0 Å². The van der Waals surface area contributed by atoms with Gasteiger partial charge in [-0.1, -0.05) is 121 Å². The number of fused-ring (bicyclic) bond motifs is 12. The lowest BCUT2D eigenvalue weighted by atomic mass is 9.41. The second-order valence-corrected chi connectivity index (χ2v) is 16.1. The summed E-state index contributed by atoms with van der Waals surface area (Å²) in [7, 11) is 0. The van der Waals surface area contributed by atoms with Crippen molar-refractivity contribution in [1.82, 2.24) is 9.13 Å². The highest BCUT2D eigenvalue weighted by Crippen LogP contribution is 2.52. The fourth-order valence-electron chi connectivity index (χ4n) is 10.9. The van der Waals surface area contributed by atoms with E-state index in [-0.39, 0.29) is 6.85 Å². The molecular formula is C54H33BN4. The van der Waals surface area contributed by atoms with Crippen LogP contribution in [0.3, 0.4) is 0 Å². The third-order valence-electron chi connectivity index (χ3n) is 13.2. The van der Waals surface area contributed by atoms with Gasteiger partial charge in [0.25, 0.3) is 0 Å². The summed E-state index contributed by atoms with van der Waals surface area (Å²) >= 11 is 0. The largest absolute Gasteiger partial charge is 0.376 e. The SMILES string of the molecule is c1ccc2c(c1)-c1cccc3c1B1c4c(cc(-n5c6ccccc6c6ccccc65)cc4N3c3ccc(-n4c5ccccc5c5ccccc54)cc3)-c3ccccc3N12. The van der Waals surface area contributed by atoms with Crippen LogP contribution in [0.1, 0.15) is 0 Å². The molecule has 3 aliphatic heterocycles. The van der Waals surface area contributed by atoms with Crippen molar-refractivity contribution in [3.63, 3.8) is 0 Å². The molecule has 3 aliphatic rings. The fraction of sp³-hybridized carbons (Fsp3) is 0. The van der Waals surface area contributed by atoms with Crippen LogP contribution in [-0.4, -0.2) is 16.0 Å². The van der Waals surface area contributed by atoms with Crippen LogP contribution in [0.25, 0.3) is 77.2 Å². The zero-order valence-electron chi connectivity index (χ0n) is 31.9. The average molecular weight is 749 g/mol. The molecular weight excluding hydrogens is 715 g/mol. The minimum Gasteiger partial charge on any atom is -0.376 e. The Morgan fingerprint density at radius 2 is 0.712 bits per heavy atom. The van der Waals surface area contributed by atoms with Crippen molar-refractivity contribution < 1.29 is 0 Å². The van der Waals surface area contributed by atoms with Crippen LogP contribution in [0.15, 0.2) is 200 Å². The first-order valence-corrected chi connectivity index (χ1v) is 20.5. The number of hydrogen-bond acceptors (Lipinski definition) is 2. The van der Waals surface area contributed by atoms with E-state index >= 15 is 0 Å². The molecule has 2 aromatic heterocycles. The van der Waals surface area contributed by atoms with E-state index in [0.717, 1.165) is 17.1 Å².